The van der Waals surface area contributed by atoms with Crippen LogP contribution < -0.4 is 0 Å². The van der Waals surface area contributed by atoms with Gasteiger partial charge in [0, 0.05) is 18.0 Å². The van der Waals surface area contributed by atoms with Crippen LogP contribution in [0, 0.1) is 16.0 Å². The third kappa shape index (κ3) is 2.97. The van der Waals surface area contributed by atoms with E-state index in [-0.39, 0.29) is 10.6 Å². The van der Waals surface area contributed by atoms with E-state index < -0.39 is 0 Å². The van der Waals surface area contributed by atoms with Gasteiger partial charge >= 0.3 is 0 Å². The standard InChI is InChI=1S/C13H16ClNO2/c14-9-10-1-3-11(4-2-10)12-5-7-13(8-6-12)15(16)17/h5-8,10-11H,1-4,9H2/t10-,11-. The summed E-state index contributed by atoms with van der Waals surface area (Å²) < 4.78 is 0. The summed E-state index contributed by atoms with van der Waals surface area (Å²) in [4.78, 5) is 10.2. The summed E-state index contributed by atoms with van der Waals surface area (Å²) in [5.41, 5.74) is 1.40. The smallest absolute Gasteiger partial charge is 0.258 e. The Hall–Kier alpha value is -1.09. The summed E-state index contributed by atoms with van der Waals surface area (Å²) in [6, 6.07) is 6.99. The molecule has 0 bridgehead atoms. The number of halogens is 1. The SMILES string of the molecule is O=[N+]([O-])c1ccc([C@H]2CC[C@H](CCl)CC2)cc1. The second-order valence-electron chi connectivity index (χ2n) is 4.72. The number of nitro benzene ring substituents is 1. The van der Waals surface area contributed by atoms with Crippen molar-refractivity contribution < 1.29 is 4.92 Å². The number of rotatable bonds is 3. The lowest BCUT2D eigenvalue weighted by Gasteiger charge is -2.27. The molecule has 2 rings (SSSR count). The number of nitro groups is 1. The Balaban J connectivity index is 2.01. The van der Waals surface area contributed by atoms with E-state index in [2.05, 4.69) is 0 Å². The molecule has 0 atom stereocenters. The van der Waals surface area contributed by atoms with E-state index in [9.17, 15) is 10.1 Å². The van der Waals surface area contributed by atoms with Gasteiger partial charge in [0.15, 0.2) is 0 Å². The quantitative estimate of drug-likeness (QED) is 0.462. The molecule has 1 aliphatic carbocycles. The third-order valence-corrected chi connectivity index (χ3v) is 4.08. The van der Waals surface area contributed by atoms with Crippen molar-refractivity contribution in [1.29, 1.82) is 0 Å². The van der Waals surface area contributed by atoms with Crippen molar-refractivity contribution in [3.05, 3.63) is 39.9 Å². The van der Waals surface area contributed by atoms with E-state index in [1.165, 1.54) is 18.4 Å². The van der Waals surface area contributed by atoms with Gasteiger partial charge in [0.25, 0.3) is 5.69 Å². The van der Waals surface area contributed by atoms with Gasteiger partial charge in [0.2, 0.25) is 0 Å². The lowest BCUT2D eigenvalue weighted by atomic mass is 9.79. The normalized spacial score (nSPS) is 24.5. The molecule has 4 heteroatoms. The Kier molecular flexibility index (Phi) is 4.00. The number of nitrogens with zero attached hydrogens (tertiary/aromatic N) is 1. The number of non-ortho nitro benzene ring substituents is 1. The molecule has 0 amide bonds. The molecular weight excluding hydrogens is 238 g/mol. The van der Waals surface area contributed by atoms with Crippen molar-refractivity contribution in [3.63, 3.8) is 0 Å². The molecule has 0 heterocycles. The molecular formula is C13H16ClNO2. The largest absolute Gasteiger partial charge is 0.269 e. The molecule has 0 aliphatic heterocycles. The minimum atomic E-state index is -0.353. The van der Waals surface area contributed by atoms with Gasteiger partial charge in [-0.05, 0) is 43.1 Å². The molecule has 1 fully saturated rings. The van der Waals surface area contributed by atoms with Crippen LogP contribution in [0.3, 0.4) is 0 Å². The number of hydrogen-bond donors (Lipinski definition) is 0. The highest BCUT2D eigenvalue weighted by atomic mass is 35.5. The molecule has 17 heavy (non-hydrogen) atoms. The summed E-state index contributed by atoms with van der Waals surface area (Å²) in [6.07, 6.45) is 4.64. The molecule has 0 saturated heterocycles. The van der Waals surface area contributed by atoms with Gasteiger partial charge in [0.1, 0.15) is 0 Å². The van der Waals surface area contributed by atoms with Gasteiger partial charge in [-0.25, -0.2) is 0 Å². The lowest BCUT2D eigenvalue weighted by Crippen LogP contribution is -2.14. The zero-order valence-electron chi connectivity index (χ0n) is 9.64. The molecule has 0 radical (unpaired) electrons. The fourth-order valence-electron chi connectivity index (χ4n) is 2.52. The minimum Gasteiger partial charge on any atom is -0.258 e. The van der Waals surface area contributed by atoms with E-state index in [1.54, 1.807) is 12.1 Å². The Labute approximate surface area is 106 Å². The highest BCUT2D eigenvalue weighted by Gasteiger charge is 2.22. The molecule has 3 nitrogen and oxygen atoms in total. The van der Waals surface area contributed by atoms with Crippen molar-refractivity contribution in [2.24, 2.45) is 5.92 Å². The first-order valence-corrected chi connectivity index (χ1v) is 6.54. The molecule has 92 valence electrons. The Morgan fingerprint density at radius 1 is 1.18 bits per heavy atom. The summed E-state index contributed by atoms with van der Waals surface area (Å²) in [5, 5.41) is 10.6. The number of hydrogen-bond acceptors (Lipinski definition) is 2. The molecule has 0 unspecified atom stereocenters. The van der Waals surface area contributed by atoms with Crippen LogP contribution in [-0.2, 0) is 0 Å². The molecule has 1 saturated carbocycles. The van der Waals surface area contributed by atoms with Gasteiger partial charge < -0.3 is 0 Å². The zero-order chi connectivity index (χ0) is 12.3. The highest BCUT2D eigenvalue weighted by molar-refractivity contribution is 6.18. The van der Waals surface area contributed by atoms with Gasteiger partial charge in [-0.3, -0.25) is 10.1 Å². The summed E-state index contributed by atoms with van der Waals surface area (Å²) >= 11 is 5.85. The first-order valence-electron chi connectivity index (χ1n) is 6.01. The number of benzene rings is 1. The third-order valence-electron chi connectivity index (χ3n) is 3.64. The average Bonchev–Trinajstić information content (AvgIpc) is 2.39. The van der Waals surface area contributed by atoms with Crippen molar-refractivity contribution >= 4 is 17.3 Å². The monoisotopic (exact) mass is 253 g/mol. The van der Waals surface area contributed by atoms with Crippen LogP contribution in [0.5, 0.6) is 0 Å². The van der Waals surface area contributed by atoms with Gasteiger partial charge in [-0.2, -0.15) is 0 Å². The molecule has 1 aliphatic rings. The average molecular weight is 254 g/mol. The van der Waals surface area contributed by atoms with E-state index in [1.807, 2.05) is 12.1 Å². The van der Waals surface area contributed by atoms with E-state index >= 15 is 0 Å². The van der Waals surface area contributed by atoms with E-state index in [4.69, 9.17) is 11.6 Å². The van der Waals surface area contributed by atoms with Crippen molar-refractivity contribution in [2.45, 2.75) is 31.6 Å². The van der Waals surface area contributed by atoms with Crippen LogP contribution in [0.1, 0.15) is 37.2 Å². The van der Waals surface area contributed by atoms with Crippen molar-refractivity contribution in [3.8, 4) is 0 Å². The maximum absolute atomic E-state index is 10.6. The molecule has 1 aromatic carbocycles. The van der Waals surface area contributed by atoms with Gasteiger partial charge in [-0.1, -0.05) is 12.1 Å². The number of alkyl halides is 1. The zero-order valence-corrected chi connectivity index (χ0v) is 10.4. The molecule has 0 spiro atoms. The Bertz CT molecular complexity index is 383. The molecule has 1 aromatic rings. The second-order valence-corrected chi connectivity index (χ2v) is 5.03. The minimum absolute atomic E-state index is 0.170. The van der Waals surface area contributed by atoms with Gasteiger partial charge in [0.05, 0.1) is 4.92 Å². The maximum Gasteiger partial charge on any atom is 0.269 e. The van der Waals surface area contributed by atoms with Crippen LogP contribution in [0.4, 0.5) is 5.69 Å². The van der Waals surface area contributed by atoms with Crippen LogP contribution in [0.15, 0.2) is 24.3 Å². The van der Waals surface area contributed by atoms with E-state index in [0.29, 0.717) is 11.8 Å². The first kappa shape index (κ1) is 12.4. The van der Waals surface area contributed by atoms with Gasteiger partial charge in [-0.15, -0.1) is 11.6 Å². The van der Waals surface area contributed by atoms with E-state index in [0.717, 1.165) is 18.7 Å². The highest BCUT2D eigenvalue weighted by Crippen LogP contribution is 2.36. The van der Waals surface area contributed by atoms with Crippen LogP contribution in [0.2, 0.25) is 0 Å². The second kappa shape index (κ2) is 5.50. The summed E-state index contributed by atoms with van der Waals surface area (Å²) in [7, 11) is 0. The van der Waals surface area contributed by atoms with Crippen LogP contribution in [-0.4, -0.2) is 10.8 Å². The predicted molar refractivity (Wildman–Crippen MR) is 68.5 cm³/mol. The fraction of sp³-hybridized carbons (Fsp3) is 0.538. The van der Waals surface area contributed by atoms with Crippen LogP contribution in [0.25, 0.3) is 0 Å². The molecule has 0 aromatic heterocycles. The predicted octanol–water partition coefficient (Wildman–Crippen LogP) is 4.11. The summed E-state index contributed by atoms with van der Waals surface area (Å²) in [6.45, 7) is 0. The Morgan fingerprint density at radius 2 is 1.76 bits per heavy atom. The van der Waals surface area contributed by atoms with Crippen LogP contribution >= 0.6 is 11.6 Å². The first-order chi connectivity index (χ1) is 8.20. The maximum atomic E-state index is 10.6. The molecule has 0 N–H and O–H groups in total. The van der Waals surface area contributed by atoms with Crippen molar-refractivity contribution in [2.75, 3.05) is 5.88 Å². The van der Waals surface area contributed by atoms with Crippen molar-refractivity contribution in [1.82, 2.24) is 0 Å². The lowest BCUT2D eigenvalue weighted by molar-refractivity contribution is -0.384. The topological polar surface area (TPSA) is 43.1 Å². The fourth-order valence-corrected chi connectivity index (χ4v) is 2.83. The Morgan fingerprint density at radius 3 is 2.24 bits per heavy atom. The summed E-state index contributed by atoms with van der Waals surface area (Å²) in [5.74, 6) is 1.97.